The minimum Gasteiger partial charge on any atom is -0.491 e. The van der Waals surface area contributed by atoms with Gasteiger partial charge in [0, 0.05) is 19.1 Å². The van der Waals surface area contributed by atoms with Gasteiger partial charge < -0.3 is 10.5 Å². The first-order chi connectivity index (χ1) is 9.65. The Morgan fingerprint density at radius 2 is 2.19 bits per heavy atom. The highest BCUT2D eigenvalue weighted by atomic mass is 35.5. The summed E-state index contributed by atoms with van der Waals surface area (Å²) in [5.41, 5.74) is 6.88. The molecule has 0 spiro atoms. The molecule has 120 valence electrons. The first-order valence-electron chi connectivity index (χ1n) is 7.51. The first-order valence-corrected chi connectivity index (χ1v) is 7.51. The lowest BCUT2D eigenvalue weighted by Gasteiger charge is -2.39. The highest BCUT2D eigenvalue weighted by molar-refractivity contribution is 5.85. The maximum Gasteiger partial charge on any atom is 0.165 e. The van der Waals surface area contributed by atoms with E-state index in [1.165, 1.54) is 12.8 Å². The summed E-state index contributed by atoms with van der Waals surface area (Å²) in [5.74, 6) is 0.665. The molecule has 1 fully saturated rings. The van der Waals surface area contributed by atoms with Crippen molar-refractivity contribution in [3.63, 3.8) is 0 Å². The van der Waals surface area contributed by atoms with E-state index in [0.717, 1.165) is 18.7 Å². The average molecular weight is 317 g/mol. The highest BCUT2D eigenvalue weighted by Gasteiger charge is 2.27. The molecule has 1 aromatic carbocycles. The largest absolute Gasteiger partial charge is 0.491 e. The van der Waals surface area contributed by atoms with Gasteiger partial charge in [-0.25, -0.2) is 4.39 Å². The molecule has 2 unspecified atom stereocenters. The Kier molecular flexibility index (Phi) is 7.43. The number of likely N-dealkylation sites (tertiary alicyclic amines) is 1. The topological polar surface area (TPSA) is 38.5 Å². The Morgan fingerprint density at radius 3 is 2.81 bits per heavy atom. The molecular formula is C16H26ClFN2O. The monoisotopic (exact) mass is 316 g/mol. The fraction of sp³-hybridized carbons (Fsp3) is 0.625. The van der Waals surface area contributed by atoms with Gasteiger partial charge in [-0.05, 0) is 49.9 Å². The molecule has 21 heavy (non-hydrogen) atoms. The lowest BCUT2D eigenvalue weighted by molar-refractivity contribution is 0.0989. The molecule has 2 atom stereocenters. The van der Waals surface area contributed by atoms with Gasteiger partial charge in [-0.15, -0.1) is 12.4 Å². The molecule has 2 rings (SSSR count). The molecule has 0 radical (unpaired) electrons. The van der Waals surface area contributed by atoms with Crippen molar-refractivity contribution in [1.29, 1.82) is 0 Å². The zero-order valence-corrected chi connectivity index (χ0v) is 13.7. The third-order valence-electron chi connectivity index (χ3n) is 4.15. The van der Waals surface area contributed by atoms with Crippen molar-refractivity contribution in [1.82, 2.24) is 4.90 Å². The van der Waals surface area contributed by atoms with E-state index in [1.807, 2.05) is 13.0 Å². The number of nitrogens with two attached hydrogens (primary N) is 1. The van der Waals surface area contributed by atoms with Crippen LogP contribution in [0.25, 0.3) is 0 Å². The van der Waals surface area contributed by atoms with Crippen LogP contribution < -0.4 is 10.5 Å². The van der Waals surface area contributed by atoms with Crippen LogP contribution in [0, 0.1) is 11.7 Å². The van der Waals surface area contributed by atoms with Crippen LogP contribution in [0.1, 0.15) is 32.3 Å². The van der Waals surface area contributed by atoms with Gasteiger partial charge >= 0.3 is 0 Å². The van der Waals surface area contributed by atoms with Crippen molar-refractivity contribution in [3.8, 4) is 5.75 Å². The van der Waals surface area contributed by atoms with E-state index in [-0.39, 0.29) is 18.2 Å². The van der Waals surface area contributed by atoms with Crippen LogP contribution in [0.15, 0.2) is 18.2 Å². The zero-order valence-electron chi connectivity index (χ0n) is 12.8. The predicted octanol–water partition coefficient (Wildman–Crippen LogP) is 3.21. The third kappa shape index (κ3) is 4.56. The maximum atomic E-state index is 13.9. The second-order valence-electron chi connectivity index (χ2n) is 5.59. The summed E-state index contributed by atoms with van der Waals surface area (Å²) in [6.45, 7) is 7.06. The molecule has 1 heterocycles. The van der Waals surface area contributed by atoms with Gasteiger partial charge in [0.25, 0.3) is 0 Å². The molecule has 0 saturated carbocycles. The quantitative estimate of drug-likeness (QED) is 0.906. The number of nitrogens with zero attached hydrogens (tertiary/aromatic N) is 1. The Morgan fingerprint density at radius 1 is 1.43 bits per heavy atom. The van der Waals surface area contributed by atoms with Crippen LogP contribution >= 0.6 is 12.4 Å². The molecule has 0 bridgehead atoms. The second kappa shape index (κ2) is 8.57. The minimum absolute atomic E-state index is 0. The van der Waals surface area contributed by atoms with E-state index < -0.39 is 0 Å². The fourth-order valence-corrected chi connectivity index (χ4v) is 3.06. The summed E-state index contributed by atoms with van der Waals surface area (Å²) in [4.78, 5) is 2.38. The Labute approximate surface area is 133 Å². The van der Waals surface area contributed by atoms with Crippen molar-refractivity contribution in [2.75, 3.05) is 19.7 Å². The van der Waals surface area contributed by atoms with Crippen LogP contribution in [-0.2, 0) is 6.54 Å². The Bertz CT molecular complexity index is 444. The summed E-state index contributed by atoms with van der Waals surface area (Å²) in [7, 11) is 0. The molecule has 2 N–H and O–H groups in total. The molecule has 0 amide bonds. The lowest BCUT2D eigenvalue weighted by Crippen LogP contribution is -2.48. The number of hydrogen-bond acceptors (Lipinski definition) is 3. The molecule has 3 nitrogen and oxygen atoms in total. The molecule has 0 aromatic heterocycles. The Balaban J connectivity index is 0.00000220. The van der Waals surface area contributed by atoms with Crippen molar-refractivity contribution >= 4 is 12.4 Å². The summed E-state index contributed by atoms with van der Waals surface area (Å²) < 4.78 is 19.1. The predicted molar refractivity (Wildman–Crippen MR) is 86.5 cm³/mol. The van der Waals surface area contributed by atoms with Crippen molar-refractivity contribution < 1.29 is 9.13 Å². The van der Waals surface area contributed by atoms with Gasteiger partial charge in [0.15, 0.2) is 11.6 Å². The minimum atomic E-state index is -0.279. The van der Waals surface area contributed by atoms with E-state index in [4.69, 9.17) is 10.5 Å². The molecule has 1 aromatic rings. The van der Waals surface area contributed by atoms with Gasteiger partial charge in [0.05, 0.1) is 6.61 Å². The number of benzene rings is 1. The number of ether oxygens (including phenoxy) is 1. The normalized spacial score (nSPS) is 22.7. The van der Waals surface area contributed by atoms with E-state index in [1.54, 1.807) is 12.1 Å². The molecule has 0 aliphatic carbocycles. The highest BCUT2D eigenvalue weighted by Crippen LogP contribution is 2.25. The van der Waals surface area contributed by atoms with E-state index in [0.29, 0.717) is 30.9 Å². The average Bonchev–Trinajstić information content (AvgIpc) is 2.42. The second-order valence-corrected chi connectivity index (χ2v) is 5.59. The zero-order chi connectivity index (χ0) is 14.5. The Hall–Kier alpha value is -0.840. The molecule has 1 aliphatic rings. The first kappa shape index (κ1) is 18.2. The van der Waals surface area contributed by atoms with Crippen LogP contribution in [0.5, 0.6) is 5.75 Å². The van der Waals surface area contributed by atoms with E-state index >= 15 is 0 Å². The van der Waals surface area contributed by atoms with Crippen LogP contribution in [-0.4, -0.2) is 30.6 Å². The van der Waals surface area contributed by atoms with Gasteiger partial charge in [-0.3, -0.25) is 4.90 Å². The summed E-state index contributed by atoms with van der Waals surface area (Å²) in [5, 5.41) is 0. The molecule has 1 saturated heterocycles. The number of piperidine rings is 1. The van der Waals surface area contributed by atoms with Crippen molar-refractivity contribution in [2.24, 2.45) is 11.7 Å². The molecule has 5 heteroatoms. The third-order valence-corrected chi connectivity index (χ3v) is 4.15. The van der Waals surface area contributed by atoms with Gasteiger partial charge in [-0.2, -0.15) is 0 Å². The van der Waals surface area contributed by atoms with Gasteiger partial charge in [0.1, 0.15) is 0 Å². The molecular weight excluding hydrogens is 291 g/mol. The summed E-state index contributed by atoms with van der Waals surface area (Å²) in [6, 6.07) is 5.65. The van der Waals surface area contributed by atoms with E-state index in [9.17, 15) is 4.39 Å². The number of halogens is 2. The number of hydrogen-bond donors (Lipinski definition) is 1. The lowest BCUT2D eigenvalue weighted by atomic mass is 9.90. The van der Waals surface area contributed by atoms with Crippen molar-refractivity contribution in [3.05, 3.63) is 29.6 Å². The van der Waals surface area contributed by atoms with Gasteiger partial charge in [0.2, 0.25) is 0 Å². The molecule has 1 aliphatic heterocycles. The fourth-order valence-electron chi connectivity index (χ4n) is 3.06. The smallest absolute Gasteiger partial charge is 0.165 e. The van der Waals surface area contributed by atoms with Crippen molar-refractivity contribution in [2.45, 2.75) is 39.3 Å². The standard InChI is InChI=1S/C16H25FN2O.ClH/c1-3-20-16-7-6-13(9-14(16)17)11-19-8-4-5-12(2)15(19)10-18;/h6-7,9,12,15H,3-5,8,10-11,18H2,1-2H3;1H. The SMILES string of the molecule is CCOc1ccc(CN2CCCC(C)C2CN)cc1F.Cl. The summed E-state index contributed by atoms with van der Waals surface area (Å²) >= 11 is 0. The van der Waals surface area contributed by atoms with Gasteiger partial charge in [-0.1, -0.05) is 13.0 Å². The summed E-state index contributed by atoms with van der Waals surface area (Å²) in [6.07, 6.45) is 2.42. The van der Waals surface area contributed by atoms with Crippen LogP contribution in [0.3, 0.4) is 0 Å². The van der Waals surface area contributed by atoms with E-state index in [2.05, 4.69) is 11.8 Å². The number of rotatable bonds is 5. The maximum absolute atomic E-state index is 13.9. The van der Waals surface area contributed by atoms with Crippen LogP contribution in [0.2, 0.25) is 0 Å². The van der Waals surface area contributed by atoms with Crippen LogP contribution in [0.4, 0.5) is 4.39 Å².